The van der Waals surface area contributed by atoms with E-state index in [1.807, 2.05) is 33.7 Å². The van der Waals surface area contributed by atoms with Crippen molar-refractivity contribution in [3.8, 4) is 11.3 Å². The molecule has 1 saturated heterocycles. The molecule has 3 N–H and O–H groups in total. The summed E-state index contributed by atoms with van der Waals surface area (Å²) in [6.45, 7) is 1.74. The Kier molecular flexibility index (Phi) is 7.09. The second-order valence-electron chi connectivity index (χ2n) is 9.02. The van der Waals surface area contributed by atoms with Crippen molar-refractivity contribution in [1.29, 1.82) is 0 Å². The van der Waals surface area contributed by atoms with Crippen LogP contribution in [0.15, 0.2) is 61.1 Å². The van der Waals surface area contributed by atoms with Gasteiger partial charge in [0.2, 0.25) is 5.91 Å². The molecular formula is C27H29N7O3. The number of nitrogens with one attached hydrogen (secondary N) is 1. The van der Waals surface area contributed by atoms with Crippen LogP contribution >= 0.6 is 0 Å². The van der Waals surface area contributed by atoms with Crippen LogP contribution in [0.4, 0.5) is 11.6 Å². The third kappa shape index (κ3) is 5.14. The van der Waals surface area contributed by atoms with Crippen molar-refractivity contribution in [2.45, 2.75) is 25.2 Å². The summed E-state index contributed by atoms with van der Waals surface area (Å²) in [6, 6.07) is 12.5. The first-order valence-corrected chi connectivity index (χ1v) is 12.3. The zero-order valence-corrected chi connectivity index (χ0v) is 20.6. The van der Waals surface area contributed by atoms with Crippen LogP contribution in [-0.2, 0) is 9.53 Å². The van der Waals surface area contributed by atoms with Crippen molar-refractivity contribution in [2.24, 2.45) is 0 Å². The number of nitrogens with two attached hydrogens (primary N) is 1. The topological polar surface area (TPSA) is 128 Å². The van der Waals surface area contributed by atoms with Gasteiger partial charge in [0, 0.05) is 55.8 Å². The van der Waals surface area contributed by atoms with Crippen LogP contribution in [-0.4, -0.2) is 62.9 Å². The summed E-state index contributed by atoms with van der Waals surface area (Å²) < 4.78 is 7.06. The van der Waals surface area contributed by atoms with Gasteiger partial charge < -0.3 is 20.7 Å². The third-order valence-electron chi connectivity index (χ3n) is 6.60. The number of piperidine rings is 1. The van der Waals surface area contributed by atoms with Gasteiger partial charge in [-0.25, -0.2) is 15.0 Å². The van der Waals surface area contributed by atoms with Crippen LogP contribution in [0, 0.1) is 0 Å². The van der Waals surface area contributed by atoms with Gasteiger partial charge in [0.1, 0.15) is 28.7 Å². The Hall–Kier alpha value is -4.31. The molecule has 0 spiro atoms. The number of benzene rings is 1. The van der Waals surface area contributed by atoms with Crippen LogP contribution in [0.5, 0.6) is 0 Å². The highest BCUT2D eigenvalue weighted by Gasteiger charge is 2.29. The number of ether oxygens (including phenoxy) is 1. The molecular weight excluding hydrogens is 470 g/mol. The number of methoxy groups -OCH3 is 1. The standard InChI is InChI=1S/C27H29N7O3/c1-37-16-11-22(35)33-14-4-5-20(17-33)26-32-23(24-25(28)30-13-15-34(24)26)18-7-9-19(10-8-18)27(36)31-21-6-2-3-12-29-21/h2-3,6-10,12-13,15,20H,4-5,11,14,16-17H2,1H3,(H2,28,30)(H,29,31,36)/t20-/m1/s1. The summed E-state index contributed by atoms with van der Waals surface area (Å²) in [5, 5.41) is 2.79. The van der Waals surface area contributed by atoms with Crippen molar-refractivity contribution >= 4 is 29.0 Å². The SMILES string of the molecule is COCCC(=O)N1CCC[C@@H](c2nc(-c3ccc(C(=O)Nc4ccccn4)cc3)c3c(N)nccn23)C1. The molecule has 1 atom stereocenters. The summed E-state index contributed by atoms with van der Waals surface area (Å²) in [7, 11) is 1.60. The number of aromatic nitrogens is 4. The second-order valence-corrected chi connectivity index (χ2v) is 9.02. The minimum absolute atomic E-state index is 0.0618. The maximum Gasteiger partial charge on any atom is 0.256 e. The van der Waals surface area contributed by atoms with Crippen molar-refractivity contribution in [2.75, 3.05) is 37.9 Å². The Morgan fingerprint density at radius 2 is 1.97 bits per heavy atom. The maximum absolute atomic E-state index is 12.6. The number of pyridine rings is 1. The Bertz CT molecular complexity index is 1400. The van der Waals surface area contributed by atoms with Gasteiger partial charge >= 0.3 is 0 Å². The Balaban J connectivity index is 1.43. The number of nitrogens with zero attached hydrogens (tertiary/aromatic N) is 5. The second kappa shape index (κ2) is 10.8. The van der Waals surface area contributed by atoms with E-state index in [0.717, 1.165) is 30.8 Å². The Labute approximate surface area is 214 Å². The Morgan fingerprint density at radius 1 is 1.14 bits per heavy atom. The maximum atomic E-state index is 12.6. The lowest BCUT2D eigenvalue weighted by atomic mass is 9.97. The van der Waals surface area contributed by atoms with Gasteiger partial charge in [0.15, 0.2) is 0 Å². The highest BCUT2D eigenvalue weighted by atomic mass is 16.5. The third-order valence-corrected chi connectivity index (χ3v) is 6.60. The molecule has 4 aromatic rings. The zero-order chi connectivity index (χ0) is 25.8. The Morgan fingerprint density at radius 3 is 2.73 bits per heavy atom. The molecule has 0 radical (unpaired) electrons. The molecule has 3 aromatic heterocycles. The van der Waals surface area contributed by atoms with Gasteiger partial charge in [0.05, 0.1) is 13.0 Å². The van der Waals surface area contributed by atoms with Crippen molar-refractivity contribution in [3.05, 3.63) is 72.4 Å². The summed E-state index contributed by atoms with van der Waals surface area (Å²) in [4.78, 5) is 40.6. The van der Waals surface area contributed by atoms with E-state index in [9.17, 15) is 9.59 Å². The first kappa shape index (κ1) is 24.4. The quantitative estimate of drug-likeness (QED) is 0.399. The average molecular weight is 500 g/mol. The fourth-order valence-electron chi connectivity index (χ4n) is 4.74. The lowest BCUT2D eigenvalue weighted by molar-refractivity contribution is -0.133. The first-order chi connectivity index (χ1) is 18.0. The zero-order valence-electron chi connectivity index (χ0n) is 20.6. The van der Waals surface area contributed by atoms with Crippen LogP contribution in [0.2, 0.25) is 0 Å². The largest absolute Gasteiger partial charge is 0.384 e. The highest BCUT2D eigenvalue weighted by Crippen LogP contribution is 2.34. The normalized spacial score (nSPS) is 15.6. The number of imidazole rings is 1. The van der Waals surface area contributed by atoms with E-state index in [1.54, 1.807) is 43.8 Å². The van der Waals surface area contributed by atoms with Crippen molar-refractivity contribution in [1.82, 2.24) is 24.3 Å². The predicted molar refractivity (Wildman–Crippen MR) is 140 cm³/mol. The molecule has 0 aliphatic carbocycles. The number of nitrogen functional groups attached to an aromatic ring is 1. The molecule has 0 bridgehead atoms. The van der Waals surface area contributed by atoms with Gasteiger partial charge in [-0.2, -0.15) is 0 Å². The van der Waals surface area contributed by atoms with Crippen molar-refractivity contribution in [3.63, 3.8) is 0 Å². The lowest BCUT2D eigenvalue weighted by Gasteiger charge is -2.32. The van der Waals surface area contributed by atoms with Gasteiger partial charge in [-0.05, 0) is 37.1 Å². The number of amides is 2. The number of hydrogen-bond donors (Lipinski definition) is 2. The van der Waals surface area contributed by atoms with Crippen LogP contribution in [0.1, 0.15) is 41.4 Å². The molecule has 1 fully saturated rings. The molecule has 4 heterocycles. The van der Waals surface area contributed by atoms with Crippen molar-refractivity contribution < 1.29 is 14.3 Å². The lowest BCUT2D eigenvalue weighted by Crippen LogP contribution is -2.39. The number of carbonyl (C=O) groups is 2. The average Bonchev–Trinajstić information content (AvgIpc) is 3.33. The van der Waals surface area contributed by atoms with Gasteiger partial charge in [-0.15, -0.1) is 0 Å². The molecule has 10 heteroatoms. The van der Waals surface area contributed by atoms with E-state index in [2.05, 4.69) is 15.3 Å². The van der Waals surface area contributed by atoms with E-state index >= 15 is 0 Å². The molecule has 37 heavy (non-hydrogen) atoms. The van der Waals surface area contributed by atoms with Gasteiger partial charge in [-0.1, -0.05) is 18.2 Å². The molecule has 190 valence electrons. The summed E-state index contributed by atoms with van der Waals surface area (Å²) >= 11 is 0. The van der Waals surface area contributed by atoms with E-state index in [0.29, 0.717) is 48.0 Å². The van der Waals surface area contributed by atoms with Crippen LogP contribution in [0.3, 0.4) is 0 Å². The molecule has 2 amide bonds. The molecule has 10 nitrogen and oxygen atoms in total. The number of carbonyl (C=O) groups excluding carboxylic acids is 2. The molecule has 1 aliphatic heterocycles. The van der Waals surface area contributed by atoms with Crippen LogP contribution < -0.4 is 11.1 Å². The number of likely N-dealkylation sites (tertiary alicyclic amines) is 1. The summed E-state index contributed by atoms with van der Waals surface area (Å²) in [5.41, 5.74) is 9.04. The first-order valence-electron chi connectivity index (χ1n) is 12.3. The van der Waals surface area contributed by atoms with E-state index in [1.165, 1.54) is 0 Å². The van der Waals surface area contributed by atoms with Gasteiger partial charge in [-0.3, -0.25) is 14.0 Å². The van der Waals surface area contributed by atoms with E-state index < -0.39 is 0 Å². The van der Waals surface area contributed by atoms with Gasteiger partial charge in [0.25, 0.3) is 5.91 Å². The van der Waals surface area contributed by atoms with E-state index in [-0.39, 0.29) is 17.7 Å². The molecule has 0 saturated carbocycles. The number of rotatable bonds is 7. The number of hydrogen-bond acceptors (Lipinski definition) is 7. The number of anilines is 2. The van der Waals surface area contributed by atoms with Crippen LogP contribution in [0.25, 0.3) is 16.8 Å². The molecule has 1 aromatic carbocycles. The molecule has 5 rings (SSSR count). The minimum atomic E-state index is -0.248. The minimum Gasteiger partial charge on any atom is -0.384 e. The monoisotopic (exact) mass is 499 g/mol. The predicted octanol–water partition coefficient (Wildman–Crippen LogP) is 3.37. The fraction of sp³-hybridized carbons (Fsp3) is 0.296. The fourth-order valence-corrected chi connectivity index (χ4v) is 4.74. The molecule has 1 aliphatic rings. The smallest absolute Gasteiger partial charge is 0.256 e. The number of fused-ring (bicyclic) bond motifs is 1. The summed E-state index contributed by atoms with van der Waals surface area (Å²) in [5.74, 6) is 1.61. The van der Waals surface area contributed by atoms with E-state index in [4.69, 9.17) is 15.5 Å². The molecule has 0 unspecified atom stereocenters. The summed E-state index contributed by atoms with van der Waals surface area (Å²) in [6.07, 6.45) is 7.33. The highest BCUT2D eigenvalue weighted by molar-refractivity contribution is 6.04.